The van der Waals surface area contributed by atoms with E-state index in [0.29, 0.717) is 11.1 Å². The molecule has 0 aliphatic rings. The van der Waals surface area contributed by atoms with Crippen molar-refractivity contribution in [3.8, 4) is 17.0 Å². The molecular weight excluding hydrogens is 302 g/mol. The number of carbonyl (C=O) groups is 1. The largest absolute Gasteiger partial charge is 0.491 e. The van der Waals surface area contributed by atoms with Crippen molar-refractivity contribution in [2.45, 2.75) is 26.9 Å². The lowest BCUT2D eigenvalue weighted by Crippen LogP contribution is -2.05. The number of fused-ring (bicyclic) bond motifs is 1. The highest BCUT2D eigenvalue weighted by molar-refractivity contribution is 6.04. The van der Waals surface area contributed by atoms with Crippen LogP contribution in [0.3, 0.4) is 0 Å². The molecule has 1 N–H and O–H groups in total. The van der Waals surface area contributed by atoms with E-state index in [1.807, 2.05) is 57.2 Å². The van der Waals surface area contributed by atoms with Gasteiger partial charge in [-0.15, -0.1) is 0 Å². The molecule has 0 unspecified atom stereocenters. The van der Waals surface area contributed by atoms with Gasteiger partial charge in [-0.25, -0.2) is 9.78 Å². The molecule has 24 heavy (non-hydrogen) atoms. The van der Waals surface area contributed by atoms with E-state index in [1.165, 1.54) is 0 Å². The fourth-order valence-electron chi connectivity index (χ4n) is 2.69. The predicted octanol–water partition coefficient (Wildman–Crippen LogP) is 4.70. The first-order chi connectivity index (χ1) is 11.5. The Kier molecular flexibility index (Phi) is 4.21. The number of carboxylic acids is 1. The third kappa shape index (κ3) is 3.08. The minimum Gasteiger partial charge on any atom is -0.491 e. The van der Waals surface area contributed by atoms with Gasteiger partial charge in [0.15, 0.2) is 0 Å². The van der Waals surface area contributed by atoms with Gasteiger partial charge in [0.2, 0.25) is 0 Å². The minimum absolute atomic E-state index is 0.107. The third-order valence-electron chi connectivity index (χ3n) is 3.79. The van der Waals surface area contributed by atoms with Crippen molar-refractivity contribution >= 4 is 16.9 Å². The summed E-state index contributed by atoms with van der Waals surface area (Å²) in [5, 5.41) is 10.2. The van der Waals surface area contributed by atoms with Crippen LogP contribution in [0.4, 0.5) is 0 Å². The molecule has 0 saturated heterocycles. The average Bonchev–Trinajstić information content (AvgIpc) is 2.54. The molecule has 3 aromatic rings. The second-order valence-corrected chi connectivity index (χ2v) is 6.02. The maximum atomic E-state index is 11.6. The van der Waals surface area contributed by atoms with Crippen molar-refractivity contribution in [3.63, 3.8) is 0 Å². The second-order valence-electron chi connectivity index (χ2n) is 6.02. The van der Waals surface area contributed by atoms with Crippen molar-refractivity contribution in [3.05, 3.63) is 59.7 Å². The Balaban J connectivity index is 2.12. The molecule has 0 saturated carbocycles. The van der Waals surface area contributed by atoms with Crippen LogP contribution in [-0.2, 0) is 0 Å². The van der Waals surface area contributed by atoms with Gasteiger partial charge >= 0.3 is 5.97 Å². The number of benzene rings is 2. The van der Waals surface area contributed by atoms with E-state index in [2.05, 4.69) is 4.98 Å². The van der Waals surface area contributed by atoms with Crippen molar-refractivity contribution in [2.75, 3.05) is 0 Å². The lowest BCUT2D eigenvalue weighted by atomic mass is 10.0. The van der Waals surface area contributed by atoms with Gasteiger partial charge in [-0.2, -0.15) is 0 Å². The van der Waals surface area contributed by atoms with E-state index in [1.54, 1.807) is 12.1 Å². The number of hydrogen-bond donors (Lipinski definition) is 1. The summed E-state index contributed by atoms with van der Waals surface area (Å²) < 4.78 is 5.64. The Morgan fingerprint density at radius 3 is 2.46 bits per heavy atom. The van der Waals surface area contributed by atoms with Crippen LogP contribution < -0.4 is 4.74 Å². The summed E-state index contributed by atoms with van der Waals surface area (Å²) in [7, 11) is 0. The van der Waals surface area contributed by atoms with Crippen molar-refractivity contribution in [1.82, 2.24) is 4.98 Å². The van der Waals surface area contributed by atoms with Gasteiger partial charge in [0.05, 0.1) is 22.9 Å². The van der Waals surface area contributed by atoms with Gasteiger partial charge in [-0.1, -0.05) is 18.2 Å². The molecule has 0 aliphatic carbocycles. The molecule has 122 valence electrons. The molecule has 0 fully saturated rings. The average molecular weight is 321 g/mol. The Labute approximate surface area is 140 Å². The number of aryl methyl sites for hydroxylation is 1. The number of rotatable bonds is 4. The molecule has 0 amide bonds. The fraction of sp³-hybridized carbons (Fsp3) is 0.200. The lowest BCUT2D eigenvalue weighted by Gasteiger charge is -2.11. The molecule has 4 nitrogen and oxygen atoms in total. The van der Waals surface area contributed by atoms with Crippen molar-refractivity contribution in [1.29, 1.82) is 0 Å². The van der Waals surface area contributed by atoms with Gasteiger partial charge in [-0.3, -0.25) is 0 Å². The molecule has 1 aromatic heterocycles. The molecule has 0 radical (unpaired) electrons. The summed E-state index contributed by atoms with van der Waals surface area (Å²) in [5.41, 5.74) is 3.44. The van der Waals surface area contributed by atoms with Crippen LogP contribution in [0.25, 0.3) is 22.2 Å². The van der Waals surface area contributed by atoms with E-state index in [9.17, 15) is 9.90 Å². The molecule has 0 bridgehead atoms. The van der Waals surface area contributed by atoms with Crippen LogP contribution in [-0.4, -0.2) is 22.2 Å². The van der Waals surface area contributed by atoms with Gasteiger partial charge in [0.25, 0.3) is 0 Å². The normalized spacial score (nSPS) is 11.0. The standard InChI is InChI=1S/C20H19NO3/c1-12(2)24-15-9-7-14(8-10-15)18-11-17(20(22)23)16-6-4-5-13(3)19(16)21-18/h4-12H,1-3H3,(H,22,23). The zero-order valence-electron chi connectivity index (χ0n) is 13.9. The SMILES string of the molecule is Cc1cccc2c(C(=O)O)cc(-c3ccc(OC(C)C)cc3)nc12. The summed E-state index contributed by atoms with van der Waals surface area (Å²) in [6.07, 6.45) is 0.107. The van der Waals surface area contributed by atoms with Crippen LogP contribution >= 0.6 is 0 Å². The van der Waals surface area contributed by atoms with Gasteiger partial charge in [0, 0.05) is 10.9 Å². The number of carboxylic acid groups (broad SMARTS) is 1. The number of hydrogen-bond acceptors (Lipinski definition) is 3. The predicted molar refractivity (Wildman–Crippen MR) is 94.6 cm³/mol. The lowest BCUT2D eigenvalue weighted by molar-refractivity contribution is 0.0699. The second kappa shape index (κ2) is 6.32. The quantitative estimate of drug-likeness (QED) is 0.757. The zero-order valence-corrected chi connectivity index (χ0v) is 13.9. The maximum absolute atomic E-state index is 11.6. The Bertz CT molecular complexity index is 899. The van der Waals surface area contributed by atoms with Crippen LogP contribution in [0.2, 0.25) is 0 Å². The summed E-state index contributed by atoms with van der Waals surface area (Å²) in [6.45, 7) is 5.88. The summed E-state index contributed by atoms with van der Waals surface area (Å²) in [6, 6.07) is 14.8. The van der Waals surface area contributed by atoms with E-state index in [-0.39, 0.29) is 11.7 Å². The minimum atomic E-state index is -0.950. The summed E-state index contributed by atoms with van der Waals surface area (Å²) in [5.74, 6) is -0.168. The molecule has 2 aromatic carbocycles. The molecule has 0 atom stereocenters. The number of para-hydroxylation sites is 1. The zero-order chi connectivity index (χ0) is 17.3. The van der Waals surface area contributed by atoms with E-state index >= 15 is 0 Å². The third-order valence-corrected chi connectivity index (χ3v) is 3.79. The number of ether oxygens (including phenoxy) is 1. The number of pyridine rings is 1. The highest BCUT2D eigenvalue weighted by Gasteiger charge is 2.14. The first-order valence-electron chi connectivity index (χ1n) is 7.86. The molecule has 0 aliphatic heterocycles. The van der Waals surface area contributed by atoms with E-state index in [4.69, 9.17) is 4.74 Å². The van der Waals surface area contributed by atoms with Gasteiger partial charge in [0.1, 0.15) is 5.75 Å². The van der Waals surface area contributed by atoms with Gasteiger partial charge in [-0.05, 0) is 56.7 Å². The fourth-order valence-corrected chi connectivity index (χ4v) is 2.69. The smallest absolute Gasteiger partial charge is 0.336 e. The van der Waals surface area contributed by atoms with E-state index < -0.39 is 5.97 Å². The Hall–Kier alpha value is -2.88. The molecule has 3 rings (SSSR count). The number of aromatic nitrogens is 1. The first kappa shape index (κ1) is 16.0. The molecule has 1 heterocycles. The van der Waals surface area contributed by atoms with E-state index in [0.717, 1.165) is 22.4 Å². The van der Waals surface area contributed by atoms with Crippen molar-refractivity contribution < 1.29 is 14.6 Å². The number of aromatic carboxylic acids is 1. The number of nitrogens with zero attached hydrogens (tertiary/aromatic N) is 1. The highest BCUT2D eigenvalue weighted by Crippen LogP contribution is 2.28. The summed E-state index contributed by atoms with van der Waals surface area (Å²) in [4.78, 5) is 16.3. The monoisotopic (exact) mass is 321 g/mol. The van der Waals surface area contributed by atoms with Crippen LogP contribution in [0, 0.1) is 6.92 Å². The molecule has 4 heteroatoms. The van der Waals surface area contributed by atoms with Crippen molar-refractivity contribution in [2.24, 2.45) is 0 Å². The maximum Gasteiger partial charge on any atom is 0.336 e. The summed E-state index contributed by atoms with van der Waals surface area (Å²) >= 11 is 0. The van der Waals surface area contributed by atoms with Crippen LogP contribution in [0.15, 0.2) is 48.5 Å². The Morgan fingerprint density at radius 2 is 1.83 bits per heavy atom. The highest BCUT2D eigenvalue weighted by atomic mass is 16.5. The topological polar surface area (TPSA) is 59.4 Å². The molecular formula is C20H19NO3. The van der Waals surface area contributed by atoms with Crippen LogP contribution in [0.5, 0.6) is 5.75 Å². The first-order valence-corrected chi connectivity index (χ1v) is 7.86. The molecule has 0 spiro atoms. The van der Waals surface area contributed by atoms with Gasteiger partial charge < -0.3 is 9.84 Å². The Morgan fingerprint density at radius 1 is 1.12 bits per heavy atom. The van der Waals surface area contributed by atoms with Crippen LogP contribution in [0.1, 0.15) is 29.8 Å².